The maximum atomic E-state index is 4.94. The summed E-state index contributed by atoms with van der Waals surface area (Å²) >= 11 is 0. The zero-order valence-electron chi connectivity index (χ0n) is 16.9. The minimum atomic E-state index is 1.05. The van der Waals surface area contributed by atoms with Crippen LogP contribution in [-0.2, 0) is 0 Å². The third-order valence-electron chi connectivity index (χ3n) is 4.25. The number of hydrogen-bond acceptors (Lipinski definition) is 2. The molecule has 0 fully saturated rings. The van der Waals surface area contributed by atoms with E-state index >= 15 is 0 Å². The molecule has 1 aromatic heterocycles. The highest BCUT2D eigenvalue weighted by atomic mass is 15.3. The molecular weight excluding hydrogens is 306 g/mol. The first-order valence-corrected chi connectivity index (χ1v) is 9.53. The molecule has 0 aliphatic rings. The molecule has 0 aliphatic heterocycles. The fraction of sp³-hybridized carbons (Fsp3) is 0.500. The Hall–Kier alpha value is -2.03. The lowest BCUT2D eigenvalue weighted by Gasteiger charge is -2.06. The average molecular weight is 342 g/mol. The van der Waals surface area contributed by atoms with Crippen molar-refractivity contribution in [2.75, 3.05) is 12.4 Å². The second-order valence-corrected chi connectivity index (χ2v) is 6.30. The molecule has 3 heteroatoms. The van der Waals surface area contributed by atoms with E-state index in [2.05, 4.69) is 51.2 Å². The highest BCUT2D eigenvalue weighted by Gasteiger charge is 2.17. The van der Waals surface area contributed by atoms with Crippen molar-refractivity contribution in [1.82, 2.24) is 9.78 Å². The first-order chi connectivity index (χ1) is 12.1. The van der Waals surface area contributed by atoms with Gasteiger partial charge in [0.15, 0.2) is 0 Å². The van der Waals surface area contributed by atoms with Crippen molar-refractivity contribution in [1.29, 1.82) is 0 Å². The monoisotopic (exact) mass is 341 g/mol. The Balaban J connectivity index is 3.21. The third-order valence-corrected chi connectivity index (χ3v) is 4.25. The van der Waals surface area contributed by atoms with E-state index in [1.54, 1.807) is 0 Å². The standard InChI is InChI=1S/C22H35N3/c1-7-10-12-14-16-18(4)25-22(23-6)19(5)21(24-25)20(15-9-3)17-13-11-8-2/h7,10,12,14-16,23H,8-9,11,13,17H2,1-6H3/b10-7-,14-12-,18-16+,20-15+. The van der Waals surface area contributed by atoms with Gasteiger partial charge in [-0.3, -0.25) is 0 Å². The Kier molecular flexibility index (Phi) is 9.68. The summed E-state index contributed by atoms with van der Waals surface area (Å²) in [5.74, 6) is 1.07. The molecule has 1 aromatic rings. The molecular formula is C22H35N3. The summed E-state index contributed by atoms with van der Waals surface area (Å²) in [4.78, 5) is 0. The fourth-order valence-corrected chi connectivity index (χ4v) is 2.92. The summed E-state index contributed by atoms with van der Waals surface area (Å²) in [6.45, 7) is 10.7. The van der Waals surface area contributed by atoms with Crippen molar-refractivity contribution < 1.29 is 0 Å². The SMILES string of the molecule is C\C=C/C=C\C=C(/C)n1nc(/C(=C/CC)CCCCC)c(C)c1NC. The number of hydrogen-bond donors (Lipinski definition) is 1. The van der Waals surface area contributed by atoms with Crippen LogP contribution in [0.4, 0.5) is 5.82 Å². The largest absolute Gasteiger partial charge is 0.373 e. The van der Waals surface area contributed by atoms with Crippen molar-refractivity contribution in [3.8, 4) is 0 Å². The Labute approximate surface area is 154 Å². The Morgan fingerprint density at radius 2 is 1.92 bits per heavy atom. The van der Waals surface area contributed by atoms with Crippen LogP contribution in [0.15, 0.2) is 36.5 Å². The van der Waals surface area contributed by atoms with Crippen molar-refractivity contribution in [2.24, 2.45) is 0 Å². The van der Waals surface area contributed by atoms with Gasteiger partial charge in [0.1, 0.15) is 5.82 Å². The molecule has 1 rings (SSSR count). The van der Waals surface area contributed by atoms with Gasteiger partial charge in [0.2, 0.25) is 0 Å². The summed E-state index contributed by atoms with van der Waals surface area (Å²) in [6, 6.07) is 0. The molecule has 1 N–H and O–H groups in total. The number of unbranched alkanes of at least 4 members (excludes halogenated alkanes) is 2. The van der Waals surface area contributed by atoms with Crippen LogP contribution in [-0.4, -0.2) is 16.8 Å². The number of nitrogens with one attached hydrogen (secondary N) is 1. The van der Waals surface area contributed by atoms with Gasteiger partial charge in [-0.2, -0.15) is 5.10 Å². The van der Waals surface area contributed by atoms with Gasteiger partial charge in [0.25, 0.3) is 0 Å². The van der Waals surface area contributed by atoms with Gasteiger partial charge in [-0.05, 0) is 51.7 Å². The van der Waals surface area contributed by atoms with Crippen LogP contribution in [0.5, 0.6) is 0 Å². The van der Waals surface area contributed by atoms with Gasteiger partial charge >= 0.3 is 0 Å². The quantitative estimate of drug-likeness (QED) is 0.384. The summed E-state index contributed by atoms with van der Waals surface area (Å²) in [6.07, 6.45) is 18.5. The molecule has 0 spiro atoms. The average Bonchev–Trinajstić information content (AvgIpc) is 2.94. The first-order valence-electron chi connectivity index (χ1n) is 9.53. The fourth-order valence-electron chi connectivity index (χ4n) is 2.92. The first kappa shape index (κ1) is 21.0. The van der Waals surface area contributed by atoms with E-state index < -0.39 is 0 Å². The van der Waals surface area contributed by atoms with Crippen LogP contribution in [0.3, 0.4) is 0 Å². The van der Waals surface area contributed by atoms with Crippen molar-refractivity contribution in [2.45, 2.75) is 66.7 Å². The van der Waals surface area contributed by atoms with Crippen LogP contribution in [0.2, 0.25) is 0 Å². The molecule has 0 saturated carbocycles. The minimum Gasteiger partial charge on any atom is -0.373 e. The van der Waals surface area contributed by atoms with E-state index in [1.807, 2.05) is 36.9 Å². The normalized spacial score (nSPS) is 13.4. The highest BCUT2D eigenvalue weighted by molar-refractivity contribution is 5.71. The Bertz CT molecular complexity index is 642. The number of aromatic nitrogens is 2. The van der Waals surface area contributed by atoms with Gasteiger partial charge in [-0.1, -0.05) is 57.1 Å². The molecule has 0 atom stereocenters. The lowest BCUT2D eigenvalue weighted by molar-refractivity contribution is 0.732. The molecule has 3 nitrogen and oxygen atoms in total. The predicted molar refractivity (Wildman–Crippen MR) is 113 cm³/mol. The predicted octanol–water partition coefficient (Wildman–Crippen LogP) is 6.60. The summed E-state index contributed by atoms with van der Waals surface area (Å²) in [5.41, 5.74) is 4.83. The lowest BCUT2D eigenvalue weighted by Crippen LogP contribution is -2.02. The van der Waals surface area contributed by atoms with Crippen LogP contribution in [0, 0.1) is 6.92 Å². The zero-order chi connectivity index (χ0) is 18.7. The zero-order valence-corrected chi connectivity index (χ0v) is 16.9. The second-order valence-electron chi connectivity index (χ2n) is 6.30. The maximum Gasteiger partial charge on any atom is 0.132 e. The second kappa shape index (κ2) is 11.5. The van der Waals surface area contributed by atoms with Crippen LogP contribution < -0.4 is 5.32 Å². The summed E-state index contributed by atoms with van der Waals surface area (Å²) < 4.78 is 2.02. The van der Waals surface area contributed by atoms with E-state index in [9.17, 15) is 0 Å². The van der Waals surface area contributed by atoms with Gasteiger partial charge in [0.05, 0.1) is 5.69 Å². The number of allylic oxidation sites excluding steroid dienone is 8. The molecule has 0 aromatic carbocycles. The Morgan fingerprint density at radius 1 is 1.16 bits per heavy atom. The van der Waals surface area contributed by atoms with Gasteiger partial charge in [-0.25, -0.2) is 4.68 Å². The molecule has 0 bridgehead atoms. The number of nitrogens with zero attached hydrogens (tertiary/aromatic N) is 2. The highest BCUT2D eigenvalue weighted by Crippen LogP contribution is 2.30. The van der Waals surface area contributed by atoms with Crippen molar-refractivity contribution in [3.63, 3.8) is 0 Å². The van der Waals surface area contributed by atoms with E-state index in [-0.39, 0.29) is 0 Å². The van der Waals surface area contributed by atoms with Crippen LogP contribution >= 0.6 is 0 Å². The molecule has 0 amide bonds. The van der Waals surface area contributed by atoms with Gasteiger partial charge in [0, 0.05) is 18.3 Å². The topological polar surface area (TPSA) is 29.9 Å². The molecule has 0 saturated heterocycles. The van der Waals surface area contributed by atoms with Gasteiger partial charge < -0.3 is 5.32 Å². The maximum absolute atomic E-state index is 4.94. The summed E-state index contributed by atoms with van der Waals surface area (Å²) in [7, 11) is 1.97. The van der Waals surface area contributed by atoms with Crippen molar-refractivity contribution in [3.05, 3.63) is 47.7 Å². The van der Waals surface area contributed by atoms with E-state index in [4.69, 9.17) is 5.10 Å². The molecule has 0 aliphatic carbocycles. The third kappa shape index (κ3) is 6.08. The Morgan fingerprint density at radius 3 is 2.52 bits per heavy atom. The van der Waals surface area contributed by atoms with Crippen LogP contribution in [0.25, 0.3) is 11.3 Å². The minimum absolute atomic E-state index is 1.05. The van der Waals surface area contributed by atoms with E-state index in [0.717, 1.165) is 30.1 Å². The van der Waals surface area contributed by atoms with Gasteiger partial charge in [-0.15, -0.1) is 0 Å². The molecule has 138 valence electrons. The molecule has 1 heterocycles. The van der Waals surface area contributed by atoms with Crippen molar-refractivity contribution >= 4 is 17.1 Å². The lowest BCUT2D eigenvalue weighted by atomic mass is 10.0. The smallest absolute Gasteiger partial charge is 0.132 e. The summed E-state index contributed by atoms with van der Waals surface area (Å²) in [5, 5.41) is 8.27. The molecule has 0 unspecified atom stereocenters. The van der Waals surface area contributed by atoms with E-state index in [1.165, 1.54) is 30.4 Å². The molecule has 25 heavy (non-hydrogen) atoms. The molecule has 0 radical (unpaired) electrons. The van der Waals surface area contributed by atoms with E-state index in [0.29, 0.717) is 0 Å². The number of anilines is 1. The van der Waals surface area contributed by atoms with Crippen LogP contribution in [0.1, 0.15) is 71.1 Å². The number of rotatable bonds is 10.